The van der Waals surface area contributed by atoms with Crippen molar-refractivity contribution in [3.63, 3.8) is 0 Å². The fourth-order valence-corrected chi connectivity index (χ4v) is 3.44. The first kappa shape index (κ1) is 14.4. The van der Waals surface area contributed by atoms with Gasteiger partial charge in [0, 0.05) is 18.1 Å². The Balaban J connectivity index is 1.89. The minimum atomic E-state index is -0.197. The molecule has 0 aliphatic carbocycles. The van der Waals surface area contributed by atoms with Crippen LogP contribution in [0.25, 0.3) is 0 Å². The van der Waals surface area contributed by atoms with Crippen molar-refractivity contribution in [2.75, 3.05) is 18.1 Å². The number of carbonyl (C=O) groups is 1. The molecule has 2 atom stereocenters. The Morgan fingerprint density at radius 1 is 1.47 bits per heavy atom. The van der Waals surface area contributed by atoms with E-state index in [9.17, 15) is 4.79 Å². The second-order valence-corrected chi connectivity index (χ2v) is 5.72. The number of nitrogens with one attached hydrogen (secondary N) is 1. The van der Waals surface area contributed by atoms with Gasteiger partial charge in [-0.25, -0.2) is 5.84 Å². The lowest BCUT2D eigenvalue weighted by molar-refractivity contribution is -0.122. The highest BCUT2D eigenvalue weighted by molar-refractivity contribution is 7.99. The summed E-state index contributed by atoms with van der Waals surface area (Å²) in [5.74, 6) is 6.62. The lowest BCUT2D eigenvalue weighted by Crippen LogP contribution is -2.35. The maximum atomic E-state index is 11.9. The largest absolute Gasteiger partial charge is 0.377 e. The predicted octanol–water partition coefficient (Wildman–Crippen LogP) is 1.67. The van der Waals surface area contributed by atoms with E-state index >= 15 is 0 Å². The molecule has 0 spiro atoms. The number of nitrogens with two attached hydrogens (primary N) is 1. The molecule has 2 rings (SSSR count). The quantitative estimate of drug-likeness (QED) is 0.473. The van der Waals surface area contributed by atoms with Crippen LogP contribution in [0, 0.1) is 0 Å². The molecule has 1 aliphatic heterocycles. The molecule has 104 valence electrons. The van der Waals surface area contributed by atoms with Gasteiger partial charge in [-0.3, -0.25) is 10.2 Å². The Kier molecular flexibility index (Phi) is 5.69. The van der Waals surface area contributed by atoms with Crippen molar-refractivity contribution in [2.45, 2.75) is 24.9 Å². The summed E-state index contributed by atoms with van der Waals surface area (Å²) in [7, 11) is 0. The van der Waals surface area contributed by atoms with Crippen molar-refractivity contribution in [3.05, 3.63) is 35.9 Å². The van der Waals surface area contributed by atoms with Gasteiger partial charge in [-0.15, -0.1) is 0 Å². The van der Waals surface area contributed by atoms with Crippen molar-refractivity contribution >= 4 is 17.7 Å². The van der Waals surface area contributed by atoms with Crippen LogP contribution >= 0.6 is 11.8 Å². The first-order valence-electron chi connectivity index (χ1n) is 6.56. The molecule has 1 fully saturated rings. The fourth-order valence-electron chi connectivity index (χ4n) is 2.20. The van der Waals surface area contributed by atoms with E-state index in [2.05, 4.69) is 5.43 Å². The third-order valence-electron chi connectivity index (χ3n) is 3.27. The summed E-state index contributed by atoms with van der Waals surface area (Å²) in [5.41, 5.74) is 3.26. The summed E-state index contributed by atoms with van der Waals surface area (Å²) in [6.07, 6.45) is 2.63. The lowest BCUT2D eigenvalue weighted by atomic mass is 10.0. The topological polar surface area (TPSA) is 64.3 Å². The molecule has 0 aromatic heterocycles. The Morgan fingerprint density at radius 3 is 2.89 bits per heavy atom. The molecule has 1 saturated heterocycles. The SMILES string of the molecule is NNC(=O)C(CSCC1CCCO1)c1ccccc1. The van der Waals surface area contributed by atoms with Crippen molar-refractivity contribution in [1.82, 2.24) is 5.43 Å². The molecule has 1 amide bonds. The number of benzene rings is 1. The molecule has 4 nitrogen and oxygen atoms in total. The van der Waals surface area contributed by atoms with Crippen LogP contribution in [0.1, 0.15) is 24.3 Å². The highest BCUT2D eigenvalue weighted by atomic mass is 32.2. The summed E-state index contributed by atoms with van der Waals surface area (Å²) in [6.45, 7) is 0.872. The number of rotatable bonds is 6. The molecule has 0 saturated carbocycles. The van der Waals surface area contributed by atoms with Crippen LogP contribution in [0.15, 0.2) is 30.3 Å². The van der Waals surface area contributed by atoms with Gasteiger partial charge in [0.25, 0.3) is 0 Å². The number of hydrogen-bond donors (Lipinski definition) is 2. The number of thioether (sulfide) groups is 1. The maximum Gasteiger partial charge on any atom is 0.242 e. The van der Waals surface area contributed by atoms with E-state index in [1.165, 1.54) is 0 Å². The highest BCUT2D eigenvalue weighted by Crippen LogP contribution is 2.24. The first-order chi connectivity index (χ1) is 9.31. The number of hydrogen-bond acceptors (Lipinski definition) is 4. The van der Waals surface area contributed by atoms with Gasteiger partial charge in [-0.2, -0.15) is 11.8 Å². The number of hydrazine groups is 1. The molecule has 1 aliphatic rings. The second-order valence-electron chi connectivity index (χ2n) is 4.64. The van der Waals surface area contributed by atoms with Crippen molar-refractivity contribution in [3.8, 4) is 0 Å². The van der Waals surface area contributed by atoms with Gasteiger partial charge in [0.05, 0.1) is 12.0 Å². The van der Waals surface area contributed by atoms with Crippen LogP contribution in [0.5, 0.6) is 0 Å². The highest BCUT2D eigenvalue weighted by Gasteiger charge is 2.21. The third-order valence-corrected chi connectivity index (χ3v) is 4.45. The van der Waals surface area contributed by atoms with Crippen molar-refractivity contribution in [2.24, 2.45) is 5.84 Å². The van der Waals surface area contributed by atoms with Gasteiger partial charge >= 0.3 is 0 Å². The van der Waals surface area contributed by atoms with Crippen LogP contribution in [0.3, 0.4) is 0 Å². The summed E-state index contributed by atoms with van der Waals surface area (Å²) >= 11 is 1.76. The van der Waals surface area contributed by atoms with Gasteiger partial charge in [0.2, 0.25) is 5.91 Å². The second kappa shape index (κ2) is 7.53. The van der Waals surface area contributed by atoms with E-state index < -0.39 is 0 Å². The molecule has 5 heteroatoms. The van der Waals surface area contributed by atoms with E-state index in [4.69, 9.17) is 10.6 Å². The van der Waals surface area contributed by atoms with Crippen LogP contribution in [0.4, 0.5) is 0 Å². The number of carbonyl (C=O) groups excluding carboxylic acids is 1. The molecule has 0 bridgehead atoms. The van der Waals surface area contributed by atoms with Crippen LogP contribution in [0.2, 0.25) is 0 Å². The molecule has 19 heavy (non-hydrogen) atoms. The van der Waals surface area contributed by atoms with E-state index in [1.807, 2.05) is 30.3 Å². The van der Waals surface area contributed by atoms with E-state index in [0.29, 0.717) is 6.10 Å². The molecule has 2 unspecified atom stereocenters. The lowest BCUT2D eigenvalue weighted by Gasteiger charge is -2.16. The molecule has 1 heterocycles. The van der Waals surface area contributed by atoms with E-state index in [-0.39, 0.29) is 11.8 Å². The van der Waals surface area contributed by atoms with Gasteiger partial charge in [0.1, 0.15) is 0 Å². The van der Waals surface area contributed by atoms with Crippen LogP contribution in [-0.2, 0) is 9.53 Å². The fraction of sp³-hybridized carbons (Fsp3) is 0.500. The van der Waals surface area contributed by atoms with Gasteiger partial charge in [-0.1, -0.05) is 30.3 Å². The van der Waals surface area contributed by atoms with E-state index in [1.54, 1.807) is 11.8 Å². The average molecular weight is 280 g/mol. The number of amides is 1. The Hall–Kier alpha value is -1.04. The number of ether oxygens (including phenoxy) is 1. The zero-order valence-corrected chi connectivity index (χ0v) is 11.7. The molecular formula is C14H20N2O2S. The van der Waals surface area contributed by atoms with Crippen LogP contribution < -0.4 is 11.3 Å². The minimum Gasteiger partial charge on any atom is -0.377 e. The van der Waals surface area contributed by atoms with Crippen LogP contribution in [-0.4, -0.2) is 30.1 Å². The Bertz CT molecular complexity index is 394. The Labute approximate surface area is 118 Å². The monoisotopic (exact) mass is 280 g/mol. The summed E-state index contributed by atoms with van der Waals surface area (Å²) < 4.78 is 5.58. The molecule has 1 aromatic carbocycles. The maximum absolute atomic E-state index is 11.9. The van der Waals surface area contributed by atoms with Gasteiger partial charge < -0.3 is 4.74 Å². The zero-order chi connectivity index (χ0) is 13.5. The Morgan fingerprint density at radius 2 is 2.26 bits per heavy atom. The van der Waals surface area contributed by atoms with Gasteiger partial charge in [0.15, 0.2) is 0 Å². The molecular weight excluding hydrogens is 260 g/mol. The van der Waals surface area contributed by atoms with E-state index in [0.717, 1.165) is 36.5 Å². The standard InChI is InChI=1S/C14H20N2O2S/c15-16-14(17)13(11-5-2-1-3-6-11)10-19-9-12-7-4-8-18-12/h1-3,5-6,12-13H,4,7-10,15H2,(H,16,17). The van der Waals surface area contributed by atoms with Crippen molar-refractivity contribution < 1.29 is 9.53 Å². The summed E-state index contributed by atoms with van der Waals surface area (Å²) in [6, 6.07) is 9.76. The normalized spacial score (nSPS) is 20.2. The summed E-state index contributed by atoms with van der Waals surface area (Å²) in [4.78, 5) is 11.9. The van der Waals surface area contributed by atoms with Crippen molar-refractivity contribution in [1.29, 1.82) is 0 Å². The summed E-state index contributed by atoms with van der Waals surface area (Å²) in [5, 5.41) is 0. The third kappa shape index (κ3) is 4.23. The predicted molar refractivity (Wildman–Crippen MR) is 77.8 cm³/mol. The molecule has 3 N–H and O–H groups in total. The average Bonchev–Trinajstić information content (AvgIpc) is 2.97. The first-order valence-corrected chi connectivity index (χ1v) is 7.71. The molecule has 1 aromatic rings. The molecule has 0 radical (unpaired) electrons. The smallest absolute Gasteiger partial charge is 0.242 e. The zero-order valence-electron chi connectivity index (χ0n) is 10.9. The minimum absolute atomic E-state index is 0.133. The van der Waals surface area contributed by atoms with Gasteiger partial charge in [-0.05, 0) is 18.4 Å².